The molecular formula is C62H51NO16. The largest absolute Gasteiger partial charge is 0.459 e. The average molecular weight is 1070 g/mol. The summed E-state index contributed by atoms with van der Waals surface area (Å²) in [5.41, 5.74) is 1.94. The molecule has 0 spiro atoms. The minimum atomic E-state index is -1.91. The fourth-order valence-electron chi connectivity index (χ4n) is 9.93. The summed E-state index contributed by atoms with van der Waals surface area (Å²) in [4.78, 5) is 88.1. The lowest BCUT2D eigenvalue weighted by Crippen LogP contribution is -2.70. The van der Waals surface area contributed by atoms with Gasteiger partial charge in [-0.15, -0.1) is 0 Å². The third-order valence-electron chi connectivity index (χ3n) is 13.8. The normalized spacial score (nSPS) is 25.3. The Morgan fingerprint density at radius 3 is 1.46 bits per heavy atom. The third kappa shape index (κ3) is 11.5. The van der Waals surface area contributed by atoms with Gasteiger partial charge in [0.05, 0.1) is 46.6 Å². The zero-order valence-electron chi connectivity index (χ0n) is 42.1. The number of esters is 4. The molecule has 4 aliphatic heterocycles. The van der Waals surface area contributed by atoms with Crippen molar-refractivity contribution in [1.82, 2.24) is 4.90 Å². The predicted molar refractivity (Wildman–Crippen MR) is 278 cm³/mol. The van der Waals surface area contributed by atoms with Crippen LogP contribution in [0.4, 0.5) is 0 Å². The maximum absolute atomic E-state index is 14.9. The molecule has 3 fully saturated rings. The van der Waals surface area contributed by atoms with Crippen LogP contribution in [0.2, 0.25) is 0 Å². The summed E-state index contributed by atoms with van der Waals surface area (Å²) in [5.74, 6) is -4.97. The van der Waals surface area contributed by atoms with Crippen molar-refractivity contribution in [2.24, 2.45) is 0 Å². The van der Waals surface area contributed by atoms with Crippen LogP contribution >= 0.6 is 0 Å². The first kappa shape index (κ1) is 52.4. The van der Waals surface area contributed by atoms with Crippen molar-refractivity contribution in [2.45, 2.75) is 74.2 Å². The van der Waals surface area contributed by atoms with Gasteiger partial charge in [-0.2, -0.15) is 0 Å². The van der Waals surface area contributed by atoms with Gasteiger partial charge >= 0.3 is 23.9 Å². The Hall–Kier alpha value is -8.68. The van der Waals surface area contributed by atoms with Crippen molar-refractivity contribution in [3.63, 3.8) is 0 Å². The molecule has 400 valence electrons. The Morgan fingerprint density at radius 1 is 0.468 bits per heavy atom. The minimum Gasteiger partial charge on any atom is -0.459 e. The van der Waals surface area contributed by atoms with Gasteiger partial charge in [0.2, 0.25) is 0 Å². The monoisotopic (exact) mass is 1070 g/mol. The highest BCUT2D eigenvalue weighted by Gasteiger charge is 2.61. The minimum absolute atomic E-state index is 0.0639. The van der Waals surface area contributed by atoms with E-state index in [2.05, 4.69) is 0 Å². The number of carbonyl (C=O) groups excluding carboxylic acids is 6. The highest BCUT2D eigenvalue weighted by atomic mass is 16.8. The lowest BCUT2D eigenvalue weighted by atomic mass is 9.93. The van der Waals surface area contributed by atoms with Gasteiger partial charge in [-0.3, -0.25) is 14.5 Å². The van der Waals surface area contributed by atoms with Gasteiger partial charge < -0.3 is 47.4 Å². The zero-order chi connectivity index (χ0) is 54.2. The highest BCUT2D eigenvalue weighted by Crippen LogP contribution is 2.42. The van der Waals surface area contributed by atoms with Crippen molar-refractivity contribution >= 4 is 35.7 Å². The Bertz CT molecular complexity index is 3230. The first-order valence-corrected chi connectivity index (χ1v) is 25.6. The van der Waals surface area contributed by atoms with Gasteiger partial charge in [-0.1, -0.05) is 146 Å². The molecule has 17 heteroatoms. The SMILES string of the molecule is O=C(OC[C@H]1O[C@@H](O[C@H]2[C@@H]3O[C@H](c4ccccc4)OC[C@H]3O[C@@H](OCc3ccccc3)[C@@H]2N2C(=O)c3ccccc3C2=O)[C@H](OC(=O)c2ccccc2)[C@@H](OC(=O)c2ccccc2)[C@H]1OC(=O)c1ccccc1)c1ccccc1. The van der Waals surface area contributed by atoms with Crippen LogP contribution in [0.25, 0.3) is 0 Å². The molecule has 4 heterocycles. The summed E-state index contributed by atoms with van der Waals surface area (Å²) < 4.78 is 65.6. The lowest BCUT2D eigenvalue weighted by molar-refractivity contribution is -0.382. The molecule has 0 radical (unpaired) electrons. The first-order valence-electron chi connectivity index (χ1n) is 25.6. The number of carbonyl (C=O) groups is 6. The number of hydrogen-bond donors (Lipinski definition) is 0. The molecule has 0 bridgehead atoms. The van der Waals surface area contributed by atoms with Gasteiger partial charge in [0, 0.05) is 5.56 Å². The van der Waals surface area contributed by atoms with E-state index in [1.54, 1.807) is 121 Å². The van der Waals surface area contributed by atoms with Gasteiger partial charge in [-0.05, 0) is 66.2 Å². The van der Waals surface area contributed by atoms with Gasteiger partial charge in [-0.25, -0.2) is 19.2 Å². The number of rotatable bonds is 16. The van der Waals surface area contributed by atoms with E-state index in [-0.39, 0.29) is 46.6 Å². The molecule has 0 aliphatic carbocycles. The molecule has 0 aromatic heterocycles. The van der Waals surface area contributed by atoms with Crippen LogP contribution in [-0.2, 0) is 54.0 Å². The molecule has 7 aromatic rings. The Kier molecular flexibility index (Phi) is 15.9. The van der Waals surface area contributed by atoms with Crippen molar-refractivity contribution in [3.05, 3.63) is 251 Å². The van der Waals surface area contributed by atoms with E-state index >= 15 is 0 Å². The third-order valence-corrected chi connectivity index (χ3v) is 13.8. The quantitative estimate of drug-likeness (QED) is 0.0508. The maximum atomic E-state index is 14.9. The van der Waals surface area contributed by atoms with Crippen LogP contribution in [0.15, 0.2) is 206 Å². The fourth-order valence-corrected chi connectivity index (χ4v) is 9.93. The summed E-state index contributed by atoms with van der Waals surface area (Å²) in [6, 6.07) is 54.9. The smallest absolute Gasteiger partial charge is 0.338 e. The first-order chi connectivity index (χ1) is 38.7. The molecule has 0 unspecified atom stereocenters. The second-order valence-electron chi connectivity index (χ2n) is 18.8. The Labute approximate surface area is 453 Å². The van der Waals surface area contributed by atoms with Gasteiger partial charge in [0.15, 0.2) is 37.2 Å². The highest BCUT2D eigenvalue weighted by molar-refractivity contribution is 6.21. The molecule has 11 rings (SSSR count). The predicted octanol–water partition coefficient (Wildman–Crippen LogP) is 8.35. The maximum Gasteiger partial charge on any atom is 0.338 e. The number of hydrogen-bond acceptors (Lipinski definition) is 16. The second-order valence-corrected chi connectivity index (χ2v) is 18.8. The summed E-state index contributed by atoms with van der Waals surface area (Å²) in [6.07, 6.45) is -15.2. The summed E-state index contributed by atoms with van der Waals surface area (Å²) in [6.45, 7) is -0.847. The van der Waals surface area contributed by atoms with E-state index < -0.39 is 110 Å². The Balaban J connectivity index is 1.06. The molecule has 17 nitrogen and oxygen atoms in total. The lowest BCUT2D eigenvalue weighted by Gasteiger charge is -2.52. The molecule has 0 saturated carbocycles. The van der Waals surface area contributed by atoms with Crippen LogP contribution in [-0.4, -0.2) is 115 Å². The van der Waals surface area contributed by atoms with E-state index in [4.69, 9.17) is 47.4 Å². The van der Waals surface area contributed by atoms with Crippen LogP contribution in [0.1, 0.15) is 79.6 Å². The van der Waals surface area contributed by atoms with Gasteiger partial charge in [0.1, 0.15) is 37.1 Å². The molecule has 4 aliphatic rings. The van der Waals surface area contributed by atoms with Crippen LogP contribution in [0.3, 0.4) is 0 Å². The van der Waals surface area contributed by atoms with Gasteiger partial charge in [0.25, 0.3) is 11.8 Å². The number of benzene rings is 7. The van der Waals surface area contributed by atoms with E-state index in [9.17, 15) is 28.8 Å². The standard InChI is InChI=1S/C62H51NO16/c64-54-44-33-19-20-34-45(44)55(65)63(54)48-51(49-47(37-72-60(78-49)43-31-17-6-18-32-43)73-61(48)71-35-38-21-7-1-8-22-38)79-62-53(77-59(69)42-29-15-5-16-30-42)52(76-58(68)41-27-13-4-14-28-41)50(75-57(67)40-25-11-3-12-26-40)46(74-62)36-70-56(66)39-23-9-2-10-24-39/h1-34,46-53,60-62H,35-37H2/t46-,47-,48-,49-,50+,51-,52+,53-,60-,61-,62+/m1/s1. The van der Waals surface area contributed by atoms with E-state index in [1.165, 1.54) is 48.5 Å². The molecule has 3 saturated heterocycles. The van der Waals surface area contributed by atoms with Crippen LogP contribution in [0, 0.1) is 0 Å². The summed E-state index contributed by atoms with van der Waals surface area (Å²) in [7, 11) is 0. The molecule has 7 aromatic carbocycles. The second kappa shape index (κ2) is 23.9. The molecule has 79 heavy (non-hydrogen) atoms. The van der Waals surface area contributed by atoms with Crippen molar-refractivity contribution in [3.8, 4) is 0 Å². The molecular weight excluding hydrogens is 1010 g/mol. The summed E-state index contributed by atoms with van der Waals surface area (Å²) in [5, 5.41) is 0. The van der Waals surface area contributed by atoms with Crippen molar-refractivity contribution in [2.75, 3.05) is 13.2 Å². The fraction of sp³-hybridized carbons (Fsp3) is 0.226. The molecule has 2 amide bonds. The summed E-state index contributed by atoms with van der Waals surface area (Å²) >= 11 is 0. The number of ether oxygens (including phenoxy) is 10. The number of amides is 2. The van der Waals surface area contributed by atoms with Crippen molar-refractivity contribution < 1.29 is 76.1 Å². The number of fused-ring (bicyclic) bond motifs is 2. The Morgan fingerprint density at radius 2 is 0.924 bits per heavy atom. The molecule has 11 atom stereocenters. The van der Waals surface area contributed by atoms with Crippen LogP contribution in [0.5, 0.6) is 0 Å². The molecule has 0 N–H and O–H groups in total. The van der Waals surface area contributed by atoms with E-state index in [0.29, 0.717) is 5.56 Å². The van der Waals surface area contributed by atoms with E-state index in [1.807, 2.05) is 36.4 Å². The average Bonchev–Trinajstić information content (AvgIpc) is 4.06. The number of imide groups is 1. The van der Waals surface area contributed by atoms with Crippen molar-refractivity contribution in [1.29, 1.82) is 0 Å². The van der Waals surface area contributed by atoms with E-state index in [0.717, 1.165) is 10.5 Å². The number of nitrogens with zero attached hydrogens (tertiary/aromatic N) is 1. The zero-order valence-corrected chi connectivity index (χ0v) is 42.1. The topological polar surface area (TPSA) is 198 Å². The van der Waals surface area contributed by atoms with Crippen LogP contribution < -0.4 is 0 Å².